The van der Waals surface area contributed by atoms with E-state index in [1.807, 2.05) is 6.08 Å². The molecule has 0 unspecified atom stereocenters. The summed E-state index contributed by atoms with van der Waals surface area (Å²) in [5.74, 6) is 0.933. The molecule has 0 spiro atoms. The predicted molar refractivity (Wildman–Crippen MR) is 263 cm³/mol. The Kier molecular flexibility index (Phi) is 13.5. The number of aliphatic hydroxyl groups is 1. The van der Waals surface area contributed by atoms with E-state index in [0.717, 1.165) is 36.8 Å². The molecule has 5 atom stereocenters. The van der Waals surface area contributed by atoms with Crippen LogP contribution in [-0.4, -0.2) is 40.6 Å². The van der Waals surface area contributed by atoms with Crippen LogP contribution in [0.2, 0.25) is 10.1 Å². The fraction of sp³-hybridized carbons (Fsp3) is 0.393. The van der Waals surface area contributed by atoms with Crippen LogP contribution >= 0.6 is 0 Å². The first kappa shape index (κ1) is 44.9. The Hall–Kier alpha value is -4.11. The molecule has 3 fully saturated rings. The number of benzene rings is 4. The third kappa shape index (κ3) is 8.66. The fourth-order valence-electron chi connectivity index (χ4n) is 11.7. The molecule has 0 saturated heterocycles. The van der Waals surface area contributed by atoms with Crippen LogP contribution in [0.3, 0.4) is 0 Å². The highest BCUT2D eigenvalue weighted by Crippen LogP contribution is 2.59. The summed E-state index contributed by atoms with van der Waals surface area (Å²) in [4.78, 5) is 0. The van der Waals surface area contributed by atoms with Gasteiger partial charge in [0.15, 0.2) is 0 Å². The second-order valence-electron chi connectivity index (χ2n) is 20.3. The zero-order valence-corrected chi connectivity index (χ0v) is 40.0. The first-order valence-corrected chi connectivity index (χ1v) is 26.6. The summed E-state index contributed by atoms with van der Waals surface area (Å²) in [5, 5.41) is 14.3. The topological polar surface area (TPSA) is 38.7 Å². The van der Waals surface area contributed by atoms with E-state index in [0.29, 0.717) is 11.8 Å². The zero-order valence-electron chi connectivity index (χ0n) is 38.0. The van der Waals surface area contributed by atoms with Crippen LogP contribution in [0.25, 0.3) is 0 Å². The second kappa shape index (κ2) is 18.3. The van der Waals surface area contributed by atoms with E-state index in [9.17, 15) is 5.11 Å². The van der Waals surface area contributed by atoms with Gasteiger partial charge in [0.1, 0.15) is 0 Å². The summed E-state index contributed by atoms with van der Waals surface area (Å²) < 4.78 is 16.1. The van der Waals surface area contributed by atoms with Crippen molar-refractivity contribution < 1.29 is 14.0 Å². The Morgan fingerprint density at radius 1 is 0.721 bits per heavy atom. The van der Waals surface area contributed by atoms with Crippen molar-refractivity contribution in [1.82, 2.24) is 0 Å². The third-order valence-electron chi connectivity index (χ3n) is 14.6. The lowest BCUT2D eigenvalue weighted by molar-refractivity contribution is 0.102. The van der Waals surface area contributed by atoms with Crippen molar-refractivity contribution >= 4 is 37.4 Å². The fourth-order valence-corrected chi connectivity index (χ4v) is 21.0. The molecule has 0 radical (unpaired) electrons. The van der Waals surface area contributed by atoms with Gasteiger partial charge < -0.3 is 14.0 Å². The molecule has 61 heavy (non-hydrogen) atoms. The lowest BCUT2D eigenvalue weighted by atomic mass is 9.62. The highest BCUT2D eigenvalue weighted by molar-refractivity contribution is 7.00. The van der Waals surface area contributed by atoms with Gasteiger partial charge in [-0.2, -0.15) is 0 Å². The highest BCUT2D eigenvalue weighted by atomic mass is 28.4. The molecule has 5 heteroatoms. The van der Waals surface area contributed by atoms with Gasteiger partial charge in [0.05, 0.1) is 18.8 Å². The first-order chi connectivity index (χ1) is 29.2. The maximum atomic E-state index is 9.52. The summed E-state index contributed by atoms with van der Waals surface area (Å²) in [5.41, 5.74) is 5.19. The van der Waals surface area contributed by atoms with Crippen LogP contribution in [0, 0.1) is 17.3 Å². The van der Waals surface area contributed by atoms with Gasteiger partial charge in [-0.25, -0.2) is 0 Å². The quantitative estimate of drug-likeness (QED) is 0.114. The molecule has 4 aromatic rings. The average molecular weight is 847 g/mol. The van der Waals surface area contributed by atoms with E-state index in [4.69, 9.17) is 15.4 Å². The summed E-state index contributed by atoms with van der Waals surface area (Å²) in [6.45, 7) is 26.2. The number of aliphatic hydroxyl groups excluding tert-OH is 1. The van der Waals surface area contributed by atoms with Crippen molar-refractivity contribution in [3.8, 4) is 0 Å². The molecule has 1 N–H and O–H groups in total. The molecule has 3 saturated carbocycles. The standard InChI is InChI=1S/C56H70O3Si2/c1-42(24-23-39-57)51-36-37-52-44(25-22-38-56(51,52)9)34-35-45-40-46(58-60(54(3,4)5,47-26-14-10-15-27-47)48-28-16-11-17-29-48)41-53(43(45)2)59-61(55(6,7)8,49-30-18-12-19-31-49)50-32-20-13-21-33-50/h10-21,23-24,26-35,46,51-53,57H,1-2,22,25,36-41H2,3-9H3/t46-,51-,52+,53+,56-/m1/s1. The van der Waals surface area contributed by atoms with Gasteiger partial charge in [-0.3, -0.25) is 0 Å². The largest absolute Gasteiger partial charge is 0.404 e. The highest BCUT2D eigenvalue weighted by Gasteiger charge is 2.55. The van der Waals surface area contributed by atoms with E-state index < -0.39 is 16.6 Å². The normalized spacial score (nSPS) is 25.3. The Labute approximate surface area is 370 Å². The molecule has 0 heterocycles. The summed E-state index contributed by atoms with van der Waals surface area (Å²) in [6, 6.07) is 44.2. The van der Waals surface area contributed by atoms with Gasteiger partial charge in [-0.15, -0.1) is 0 Å². The number of hydrogen-bond donors (Lipinski definition) is 1. The third-order valence-corrected chi connectivity index (χ3v) is 24.7. The second-order valence-corrected chi connectivity index (χ2v) is 28.8. The molecular formula is C56H70O3Si2. The summed E-state index contributed by atoms with van der Waals surface area (Å²) >= 11 is 0. The van der Waals surface area contributed by atoms with Crippen LogP contribution in [0.1, 0.15) is 93.4 Å². The Bertz CT molecular complexity index is 2130. The lowest BCUT2D eigenvalue weighted by Crippen LogP contribution is -2.69. The van der Waals surface area contributed by atoms with Crippen LogP contribution < -0.4 is 20.7 Å². The molecule has 4 aromatic carbocycles. The molecule has 0 aromatic heterocycles. The molecule has 7 rings (SSSR count). The van der Waals surface area contributed by atoms with E-state index in [1.165, 1.54) is 45.6 Å². The molecular weight excluding hydrogens is 777 g/mol. The van der Waals surface area contributed by atoms with Crippen molar-refractivity contribution in [2.45, 2.75) is 116 Å². The number of hydrogen-bond acceptors (Lipinski definition) is 3. The van der Waals surface area contributed by atoms with Gasteiger partial charge in [0.2, 0.25) is 0 Å². The van der Waals surface area contributed by atoms with Crippen LogP contribution in [0.15, 0.2) is 181 Å². The Morgan fingerprint density at radius 3 is 1.66 bits per heavy atom. The van der Waals surface area contributed by atoms with Crippen molar-refractivity contribution in [3.63, 3.8) is 0 Å². The number of fused-ring (bicyclic) bond motifs is 1. The van der Waals surface area contributed by atoms with Crippen molar-refractivity contribution in [3.05, 3.63) is 181 Å². The van der Waals surface area contributed by atoms with Crippen LogP contribution in [0.5, 0.6) is 0 Å². The van der Waals surface area contributed by atoms with Gasteiger partial charge in [0, 0.05) is 6.42 Å². The Balaban J connectivity index is 1.36. The minimum absolute atomic E-state index is 0.0516. The summed E-state index contributed by atoms with van der Waals surface area (Å²) in [6.07, 6.45) is 15.8. The summed E-state index contributed by atoms with van der Waals surface area (Å²) in [7, 11) is -5.85. The number of allylic oxidation sites excluding steroid dienone is 5. The average Bonchev–Trinajstić information content (AvgIpc) is 3.62. The smallest absolute Gasteiger partial charge is 0.261 e. The monoisotopic (exact) mass is 846 g/mol. The predicted octanol–water partition coefficient (Wildman–Crippen LogP) is 11.4. The van der Waals surface area contributed by atoms with Gasteiger partial charge >= 0.3 is 0 Å². The van der Waals surface area contributed by atoms with E-state index in [1.54, 1.807) is 5.57 Å². The lowest BCUT2D eigenvalue weighted by Gasteiger charge is -2.49. The Morgan fingerprint density at radius 2 is 1.20 bits per heavy atom. The molecule has 3 aliphatic carbocycles. The minimum Gasteiger partial charge on any atom is -0.404 e. The van der Waals surface area contributed by atoms with Crippen LogP contribution in [0.4, 0.5) is 0 Å². The first-order valence-electron chi connectivity index (χ1n) is 22.8. The van der Waals surface area contributed by atoms with Crippen LogP contribution in [-0.2, 0) is 8.85 Å². The van der Waals surface area contributed by atoms with Gasteiger partial charge in [-0.1, -0.05) is 218 Å². The number of rotatable bonds is 12. The van der Waals surface area contributed by atoms with Gasteiger partial charge in [0.25, 0.3) is 16.6 Å². The molecule has 3 aliphatic rings. The minimum atomic E-state index is -2.95. The molecule has 3 nitrogen and oxygen atoms in total. The molecule has 0 bridgehead atoms. The van der Waals surface area contributed by atoms with Gasteiger partial charge in [-0.05, 0) is 97.7 Å². The maximum Gasteiger partial charge on any atom is 0.261 e. The van der Waals surface area contributed by atoms with Crippen molar-refractivity contribution in [2.75, 3.05) is 6.61 Å². The SMILES string of the molecule is C=C1C(=CC=C2CCC[C@]3(C)[C@@H](C(=C)C=CCO)CC[C@@H]23)C[C@@H](O[Si](c2ccccc2)(c2ccccc2)C(C)(C)C)C[C@@H]1O[Si](c1ccccc1)(c1ccccc1)C(C)(C)C. The van der Waals surface area contributed by atoms with Crippen molar-refractivity contribution in [1.29, 1.82) is 0 Å². The van der Waals surface area contributed by atoms with Crippen molar-refractivity contribution in [2.24, 2.45) is 17.3 Å². The van der Waals surface area contributed by atoms with E-state index in [-0.39, 0.29) is 34.3 Å². The van der Waals surface area contributed by atoms with E-state index in [2.05, 4.69) is 195 Å². The molecule has 0 amide bonds. The molecule has 0 aliphatic heterocycles. The molecule has 320 valence electrons. The zero-order chi connectivity index (χ0) is 43.5. The maximum absolute atomic E-state index is 9.52. The van der Waals surface area contributed by atoms with E-state index >= 15 is 0 Å².